The first-order valence-corrected chi connectivity index (χ1v) is 10.9. The molecule has 3 aromatic rings. The van der Waals surface area contributed by atoms with Gasteiger partial charge in [-0.25, -0.2) is 0 Å². The summed E-state index contributed by atoms with van der Waals surface area (Å²) in [6.45, 7) is 5.61. The fourth-order valence-electron chi connectivity index (χ4n) is 3.59. The lowest BCUT2D eigenvalue weighted by molar-refractivity contribution is 0.291. The minimum atomic E-state index is 0.121. The minimum Gasteiger partial charge on any atom is -0.496 e. The molecule has 3 aromatic carbocycles. The molecule has 2 N–H and O–H groups in total. The molecule has 156 valence electrons. The number of methoxy groups -OCH3 is 1. The van der Waals surface area contributed by atoms with Gasteiger partial charge in [-0.15, -0.1) is 0 Å². The molecule has 0 aliphatic heterocycles. The van der Waals surface area contributed by atoms with Crippen molar-refractivity contribution in [2.45, 2.75) is 20.4 Å². The topological polar surface area (TPSA) is 41.5 Å². The molecule has 0 amide bonds. The number of aliphatic hydroxyl groups excluding tert-OH is 1. The molecule has 3 nitrogen and oxygen atoms in total. The molecule has 30 heavy (non-hydrogen) atoms. The Hall–Kier alpha value is -2.40. The highest BCUT2D eigenvalue weighted by Crippen LogP contribution is 2.34. The predicted molar refractivity (Wildman–Crippen MR) is 130 cm³/mol. The van der Waals surface area contributed by atoms with Gasteiger partial charge in [0.05, 0.1) is 13.7 Å². The van der Waals surface area contributed by atoms with E-state index in [0.29, 0.717) is 13.1 Å². The molecule has 0 aliphatic rings. The van der Waals surface area contributed by atoms with Crippen LogP contribution in [0.4, 0.5) is 0 Å². The zero-order valence-corrected chi connectivity index (χ0v) is 19.3. The first-order valence-electron chi connectivity index (χ1n) is 10.1. The average molecular weight is 466 g/mol. The van der Waals surface area contributed by atoms with Crippen molar-refractivity contribution in [1.82, 2.24) is 5.32 Å². The van der Waals surface area contributed by atoms with Crippen LogP contribution in [-0.2, 0) is 6.54 Å². The van der Waals surface area contributed by atoms with Crippen molar-refractivity contribution in [3.8, 4) is 16.9 Å². The zero-order valence-electron chi connectivity index (χ0n) is 17.7. The summed E-state index contributed by atoms with van der Waals surface area (Å²) in [6, 6.07) is 21.1. The van der Waals surface area contributed by atoms with Crippen molar-refractivity contribution in [2.75, 3.05) is 20.3 Å². The monoisotopic (exact) mass is 465 g/mol. The van der Waals surface area contributed by atoms with Crippen LogP contribution in [0.3, 0.4) is 0 Å². The summed E-state index contributed by atoms with van der Waals surface area (Å²) in [5.74, 6) is 0.840. The molecule has 0 saturated carbocycles. The first kappa shape index (κ1) is 22.3. The minimum absolute atomic E-state index is 0.121. The van der Waals surface area contributed by atoms with Crippen LogP contribution in [0.1, 0.15) is 27.8 Å². The van der Waals surface area contributed by atoms with Crippen LogP contribution in [-0.4, -0.2) is 25.4 Å². The number of aryl methyl sites for hydroxylation is 1. The highest BCUT2D eigenvalue weighted by molar-refractivity contribution is 9.15. The van der Waals surface area contributed by atoms with Gasteiger partial charge in [0.1, 0.15) is 5.75 Å². The number of ether oxygens (including phenoxy) is 1. The van der Waals surface area contributed by atoms with E-state index >= 15 is 0 Å². The van der Waals surface area contributed by atoms with Crippen LogP contribution in [0.15, 0.2) is 60.7 Å². The molecule has 0 aliphatic carbocycles. The maximum absolute atomic E-state index is 8.98. The highest BCUT2D eigenvalue weighted by Gasteiger charge is 2.11. The summed E-state index contributed by atoms with van der Waals surface area (Å²) in [7, 11) is 1.69. The molecule has 0 saturated heterocycles. The molecule has 0 bridgehead atoms. The highest BCUT2D eigenvalue weighted by atomic mass is 79.9. The summed E-state index contributed by atoms with van der Waals surface area (Å²) in [5, 5.41) is 12.2. The van der Waals surface area contributed by atoms with Gasteiger partial charge in [-0.2, -0.15) is 0 Å². The summed E-state index contributed by atoms with van der Waals surface area (Å²) in [5.41, 5.74) is 8.22. The van der Waals surface area contributed by atoms with Gasteiger partial charge in [0.25, 0.3) is 0 Å². The molecule has 4 heteroatoms. The normalized spacial score (nSPS) is 11.6. The van der Waals surface area contributed by atoms with E-state index in [1.54, 1.807) is 7.11 Å². The largest absolute Gasteiger partial charge is 0.496 e. The quantitative estimate of drug-likeness (QED) is 0.318. The second-order valence-electron chi connectivity index (χ2n) is 7.26. The number of hydrogen-bond acceptors (Lipinski definition) is 3. The van der Waals surface area contributed by atoms with Crippen molar-refractivity contribution in [2.24, 2.45) is 0 Å². The maximum Gasteiger partial charge on any atom is 0.123 e. The summed E-state index contributed by atoms with van der Waals surface area (Å²) >= 11 is 3.81. The molecular formula is C26H28BrNO2. The van der Waals surface area contributed by atoms with E-state index in [1.165, 1.54) is 27.8 Å². The van der Waals surface area contributed by atoms with E-state index in [4.69, 9.17) is 9.84 Å². The van der Waals surface area contributed by atoms with E-state index in [2.05, 4.69) is 95.8 Å². The third-order valence-corrected chi connectivity index (χ3v) is 5.89. The smallest absolute Gasteiger partial charge is 0.123 e. The van der Waals surface area contributed by atoms with Crippen LogP contribution in [0, 0.1) is 13.8 Å². The van der Waals surface area contributed by atoms with Crippen molar-refractivity contribution < 1.29 is 9.84 Å². The number of halogens is 1. The maximum atomic E-state index is 8.98. The van der Waals surface area contributed by atoms with E-state index in [0.717, 1.165) is 21.4 Å². The predicted octanol–water partition coefficient (Wildman–Crippen LogP) is 5.95. The average Bonchev–Trinajstić information content (AvgIpc) is 2.76. The van der Waals surface area contributed by atoms with Crippen molar-refractivity contribution in [3.63, 3.8) is 0 Å². The lowest BCUT2D eigenvalue weighted by Gasteiger charge is -2.14. The van der Waals surface area contributed by atoms with E-state index in [1.807, 2.05) is 6.07 Å². The van der Waals surface area contributed by atoms with Gasteiger partial charge in [-0.05, 0) is 59.4 Å². The van der Waals surface area contributed by atoms with Gasteiger partial charge >= 0.3 is 0 Å². The lowest BCUT2D eigenvalue weighted by atomic mass is 9.95. The Morgan fingerprint density at radius 2 is 1.83 bits per heavy atom. The second kappa shape index (κ2) is 10.6. The van der Waals surface area contributed by atoms with Crippen LogP contribution in [0.25, 0.3) is 21.7 Å². The van der Waals surface area contributed by atoms with E-state index in [-0.39, 0.29) is 6.61 Å². The number of hydrogen-bond donors (Lipinski definition) is 2. The van der Waals surface area contributed by atoms with Crippen molar-refractivity contribution in [3.05, 3.63) is 88.5 Å². The Bertz CT molecular complexity index is 1030. The molecule has 3 rings (SSSR count). The molecule has 0 atom stereocenters. The van der Waals surface area contributed by atoms with E-state index < -0.39 is 0 Å². The summed E-state index contributed by atoms with van der Waals surface area (Å²) < 4.78 is 6.65. The third kappa shape index (κ3) is 5.20. The van der Waals surface area contributed by atoms with Gasteiger partial charge in [-0.1, -0.05) is 70.5 Å². The standard InChI is InChI=1S/C26H28BrNO2/c1-18-14-22(17-28-12-13-29)26(30-3)16-21(18)15-25(27)24-11-7-10-23(19(24)2)20-8-5-4-6-9-20/h4-11,14-16,28-29H,12-13,17H2,1-3H3. The van der Waals surface area contributed by atoms with Gasteiger partial charge in [0.2, 0.25) is 0 Å². The van der Waals surface area contributed by atoms with Crippen LogP contribution < -0.4 is 10.1 Å². The van der Waals surface area contributed by atoms with Gasteiger partial charge in [-0.3, -0.25) is 0 Å². The zero-order chi connectivity index (χ0) is 21.5. The Morgan fingerprint density at radius 1 is 1.07 bits per heavy atom. The van der Waals surface area contributed by atoms with E-state index in [9.17, 15) is 0 Å². The summed E-state index contributed by atoms with van der Waals surface area (Å²) in [4.78, 5) is 0. The summed E-state index contributed by atoms with van der Waals surface area (Å²) in [6.07, 6.45) is 2.15. The van der Waals surface area contributed by atoms with Gasteiger partial charge < -0.3 is 15.2 Å². The molecule has 0 spiro atoms. The SMILES string of the molecule is COc1cc(C=C(Br)c2cccc(-c3ccccc3)c2C)c(C)cc1CNCCO. The number of aliphatic hydroxyl groups is 1. The molecule has 0 fully saturated rings. The van der Waals surface area contributed by atoms with Crippen LogP contribution in [0.2, 0.25) is 0 Å². The molecule has 0 heterocycles. The fourth-order valence-corrected chi connectivity index (χ4v) is 4.26. The number of benzene rings is 3. The van der Waals surface area contributed by atoms with Gasteiger partial charge in [0, 0.05) is 23.1 Å². The first-order chi connectivity index (χ1) is 14.5. The van der Waals surface area contributed by atoms with Crippen molar-refractivity contribution >= 4 is 26.5 Å². The molecule has 0 aromatic heterocycles. The lowest BCUT2D eigenvalue weighted by Crippen LogP contribution is -2.18. The second-order valence-corrected chi connectivity index (χ2v) is 8.11. The van der Waals surface area contributed by atoms with Crippen molar-refractivity contribution in [1.29, 1.82) is 0 Å². The Kier molecular flexibility index (Phi) is 7.86. The van der Waals surface area contributed by atoms with Crippen LogP contribution in [0.5, 0.6) is 5.75 Å². The molecular weight excluding hydrogens is 438 g/mol. The Morgan fingerprint density at radius 3 is 2.53 bits per heavy atom. The van der Waals surface area contributed by atoms with Crippen LogP contribution >= 0.6 is 15.9 Å². The Balaban J connectivity index is 1.96. The number of nitrogens with one attached hydrogen (secondary N) is 1. The molecule has 0 radical (unpaired) electrons. The molecule has 0 unspecified atom stereocenters. The third-order valence-electron chi connectivity index (χ3n) is 5.23. The number of rotatable bonds is 8. The fraction of sp³-hybridized carbons (Fsp3) is 0.231. The Labute approximate surface area is 187 Å². The van der Waals surface area contributed by atoms with Gasteiger partial charge in [0.15, 0.2) is 0 Å².